The molecule has 1 atom stereocenters. The highest BCUT2D eigenvalue weighted by molar-refractivity contribution is 6.31. The summed E-state index contributed by atoms with van der Waals surface area (Å²) < 4.78 is 1.52. The molecular formula is C15H17Cl2N5O3. The molecule has 1 aromatic carbocycles. The summed E-state index contributed by atoms with van der Waals surface area (Å²) in [6, 6.07) is 4.43. The van der Waals surface area contributed by atoms with E-state index in [1.165, 1.54) is 17.3 Å². The molecule has 0 unspecified atom stereocenters. The Morgan fingerprint density at radius 2 is 2.20 bits per heavy atom. The number of carbonyl (C=O) groups is 2. The lowest BCUT2D eigenvalue weighted by Crippen LogP contribution is -2.41. The minimum atomic E-state index is -0.897. The molecule has 1 amide bonds. The van der Waals surface area contributed by atoms with Crippen LogP contribution in [0.1, 0.15) is 12.8 Å². The predicted molar refractivity (Wildman–Crippen MR) is 94.5 cm³/mol. The van der Waals surface area contributed by atoms with Crippen molar-refractivity contribution >= 4 is 41.6 Å². The highest BCUT2D eigenvalue weighted by atomic mass is 35.5. The van der Waals surface area contributed by atoms with E-state index < -0.39 is 12.0 Å². The zero-order valence-corrected chi connectivity index (χ0v) is 14.7. The minimum Gasteiger partial charge on any atom is -0.480 e. The number of carbonyl (C=O) groups excluding carboxylic acids is 1. The van der Waals surface area contributed by atoms with Gasteiger partial charge in [0, 0.05) is 5.02 Å². The average molecular weight is 386 g/mol. The van der Waals surface area contributed by atoms with Gasteiger partial charge < -0.3 is 10.4 Å². The largest absolute Gasteiger partial charge is 0.480 e. The lowest BCUT2D eigenvalue weighted by molar-refractivity contribution is -0.142. The second-order valence-corrected chi connectivity index (χ2v) is 5.95. The van der Waals surface area contributed by atoms with E-state index in [9.17, 15) is 14.7 Å². The number of aliphatic carboxylic acids is 1. The number of hydrogen-bond donors (Lipinski definition) is 2. The number of carboxylic acids is 1. The fraction of sp³-hybridized carbons (Fsp3) is 0.333. The third kappa shape index (κ3) is 4.47. The van der Waals surface area contributed by atoms with Gasteiger partial charge in [0.15, 0.2) is 0 Å². The van der Waals surface area contributed by atoms with Crippen molar-refractivity contribution in [3.63, 3.8) is 0 Å². The number of nitrogens with zero attached hydrogens (tertiary/aromatic N) is 4. The van der Waals surface area contributed by atoms with E-state index in [0.29, 0.717) is 29.4 Å². The fourth-order valence-electron chi connectivity index (χ4n) is 2.81. The molecule has 2 N–H and O–H groups in total. The van der Waals surface area contributed by atoms with E-state index >= 15 is 0 Å². The number of rotatable bonds is 5. The van der Waals surface area contributed by atoms with Crippen LogP contribution in [0.4, 0.5) is 5.69 Å². The summed E-state index contributed by atoms with van der Waals surface area (Å²) in [4.78, 5) is 29.1. The zero-order chi connectivity index (χ0) is 17.1. The standard InChI is InChI=1S/C15H16ClN5O3.ClH/c16-10-3-4-12(21-9-17-8-18-21)11(6-10)19-14(22)7-20-5-1-2-13(20)15(23)24;/h3-4,6,8-9,13H,1-2,5,7H2,(H,19,22)(H,23,24);1H/t13-;/m0./s1. The molecule has 3 rings (SSSR count). The van der Waals surface area contributed by atoms with E-state index in [1.54, 1.807) is 23.1 Å². The third-order valence-corrected chi connectivity index (χ3v) is 4.13. The van der Waals surface area contributed by atoms with Crippen molar-refractivity contribution in [1.82, 2.24) is 19.7 Å². The van der Waals surface area contributed by atoms with Gasteiger partial charge in [-0.05, 0) is 37.6 Å². The number of hydrogen-bond acceptors (Lipinski definition) is 5. The normalized spacial score (nSPS) is 17.1. The summed E-state index contributed by atoms with van der Waals surface area (Å²) in [6.07, 6.45) is 4.23. The van der Waals surface area contributed by atoms with Gasteiger partial charge in [-0.3, -0.25) is 14.5 Å². The lowest BCUT2D eigenvalue weighted by Gasteiger charge is -2.20. The molecule has 1 aliphatic heterocycles. The average Bonchev–Trinajstić information content (AvgIpc) is 3.18. The van der Waals surface area contributed by atoms with Crippen molar-refractivity contribution in [2.24, 2.45) is 0 Å². The number of halogens is 2. The van der Waals surface area contributed by atoms with Crippen molar-refractivity contribution in [2.45, 2.75) is 18.9 Å². The number of carboxylic acid groups (broad SMARTS) is 1. The van der Waals surface area contributed by atoms with Gasteiger partial charge in [-0.2, -0.15) is 5.10 Å². The molecule has 2 heterocycles. The Morgan fingerprint density at radius 3 is 2.88 bits per heavy atom. The second kappa shape index (κ2) is 8.28. The van der Waals surface area contributed by atoms with Crippen molar-refractivity contribution in [3.8, 4) is 5.69 Å². The first-order valence-electron chi connectivity index (χ1n) is 7.46. The van der Waals surface area contributed by atoms with Crippen LogP contribution in [0.3, 0.4) is 0 Å². The molecule has 0 bridgehead atoms. The molecule has 10 heteroatoms. The van der Waals surface area contributed by atoms with Crippen LogP contribution in [0.15, 0.2) is 30.9 Å². The zero-order valence-electron chi connectivity index (χ0n) is 13.1. The molecule has 2 aromatic rings. The topological polar surface area (TPSA) is 100 Å². The molecule has 0 radical (unpaired) electrons. The van der Waals surface area contributed by atoms with Gasteiger partial charge in [-0.15, -0.1) is 12.4 Å². The first kappa shape index (κ1) is 19.2. The van der Waals surface area contributed by atoms with Gasteiger partial charge in [0.2, 0.25) is 5.91 Å². The van der Waals surface area contributed by atoms with Crippen LogP contribution in [-0.2, 0) is 9.59 Å². The monoisotopic (exact) mass is 385 g/mol. The van der Waals surface area contributed by atoms with Gasteiger partial charge in [-0.25, -0.2) is 9.67 Å². The highest BCUT2D eigenvalue weighted by Gasteiger charge is 2.31. The van der Waals surface area contributed by atoms with E-state index in [-0.39, 0.29) is 24.9 Å². The lowest BCUT2D eigenvalue weighted by atomic mass is 10.2. The molecule has 1 aliphatic rings. The van der Waals surface area contributed by atoms with Gasteiger partial charge in [0.1, 0.15) is 18.7 Å². The molecule has 0 saturated carbocycles. The second-order valence-electron chi connectivity index (χ2n) is 5.52. The van der Waals surface area contributed by atoms with E-state index in [1.807, 2.05) is 0 Å². The number of benzene rings is 1. The van der Waals surface area contributed by atoms with Crippen LogP contribution in [0, 0.1) is 0 Å². The molecule has 1 aromatic heterocycles. The first-order valence-corrected chi connectivity index (χ1v) is 7.83. The van der Waals surface area contributed by atoms with Crippen molar-refractivity contribution in [2.75, 3.05) is 18.4 Å². The quantitative estimate of drug-likeness (QED) is 0.813. The Balaban J connectivity index is 0.00000225. The highest BCUT2D eigenvalue weighted by Crippen LogP contribution is 2.24. The predicted octanol–water partition coefficient (Wildman–Crippen LogP) is 1.83. The summed E-state index contributed by atoms with van der Waals surface area (Å²) in [6.45, 7) is 0.607. The van der Waals surface area contributed by atoms with Crippen LogP contribution >= 0.6 is 24.0 Å². The minimum absolute atomic E-state index is 0. The molecule has 1 saturated heterocycles. The van der Waals surface area contributed by atoms with Gasteiger partial charge in [0.05, 0.1) is 17.9 Å². The smallest absolute Gasteiger partial charge is 0.320 e. The molecule has 25 heavy (non-hydrogen) atoms. The maximum Gasteiger partial charge on any atom is 0.320 e. The Hall–Kier alpha value is -2.16. The molecular weight excluding hydrogens is 369 g/mol. The number of aromatic nitrogens is 3. The summed E-state index contributed by atoms with van der Waals surface area (Å²) in [5.41, 5.74) is 1.12. The van der Waals surface area contributed by atoms with Gasteiger partial charge in [-0.1, -0.05) is 11.6 Å². The van der Waals surface area contributed by atoms with Crippen LogP contribution in [0.2, 0.25) is 5.02 Å². The maximum atomic E-state index is 12.3. The SMILES string of the molecule is Cl.O=C(CN1CCC[C@H]1C(=O)O)Nc1cc(Cl)ccc1-n1cncn1. The Bertz CT molecular complexity index is 754. The van der Waals surface area contributed by atoms with E-state index in [4.69, 9.17) is 11.6 Å². The summed E-state index contributed by atoms with van der Waals surface area (Å²) >= 11 is 6.01. The van der Waals surface area contributed by atoms with Gasteiger partial charge >= 0.3 is 5.97 Å². The maximum absolute atomic E-state index is 12.3. The Labute approximate surface area is 155 Å². The van der Waals surface area contributed by atoms with Crippen LogP contribution in [0.25, 0.3) is 5.69 Å². The number of likely N-dealkylation sites (tertiary alicyclic amines) is 1. The summed E-state index contributed by atoms with van der Waals surface area (Å²) in [5.74, 6) is -1.20. The van der Waals surface area contributed by atoms with Crippen molar-refractivity contribution in [3.05, 3.63) is 35.9 Å². The fourth-order valence-corrected chi connectivity index (χ4v) is 2.98. The van der Waals surface area contributed by atoms with Crippen molar-refractivity contribution < 1.29 is 14.7 Å². The molecule has 134 valence electrons. The van der Waals surface area contributed by atoms with E-state index in [2.05, 4.69) is 15.4 Å². The molecule has 0 aliphatic carbocycles. The molecule has 0 spiro atoms. The number of anilines is 1. The van der Waals surface area contributed by atoms with E-state index in [0.717, 1.165) is 6.42 Å². The van der Waals surface area contributed by atoms with Crippen LogP contribution < -0.4 is 5.32 Å². The number of amides is 1. The Morgan fingerprint density at radius 1 is 1.40 bits per heavy atom. The van der Waals surface area contributed by atoms with Crippen LogP contribution in [0.5, 0.6) is 0 Å². The Kier molecular flexibility index (Phi) is 6.35. The van der Waals surface area contributed by atoms with Crippen molar-refractivity contribution in [1.29, 1.82) is 0 Å². The first-order chi connectivity index (χ1) is 11.5. The molecule has 8 nitrogen and oxygen atoms in total. The summed E-state index contributed by atoms with van der Waals surface area (Å²) in [7, 11) is 0. The van der Waals surface area contributed by atoms with Gasteiger partial charge in [0.25, 0.3) is 0 Å². The summed E-state index contributed by atoms with van der Waals surface area (Å²) in [5, 5.41) is 16.5. The van der Waals surface area contributed by atoms with Crippen LogP contribution in [-0.4, -0.2) is 55.8 Å². The molecule has 1 fully saturated rings. The number of nitrogens with one attached hydrogen (secondary N) is 1. The third-order valence-electron chi connectivity index (χ3n) is 3.89.